The van der Waals surface area contributed by atoms with Crippen molar-refractivity contribution in [1.29, 1.82) is 0 Å². The van der Waals surface area contributed by atoms with Gasteiger partial charge in [0, 0.05) is 31.0 Å². The van der Waals surface area contributed by atoms with Gasteiger partial charge in [0.15, 0.2) is 15.5 Å². The van der Waals surface area contributed by atoms with Crippen LogP contribution in [0, 0.1) is 25.1 Å². The first-order chi connectivity index (χ1) is 20.9. The average Bonchev–Trinajstić information content (AvgIpc) is 2.97. The molecule has 4 aromatic rings. The average molecular weight is 619 g/mol. The first kappa shape index (κ1) is 30.5. The maximum atomic E-state index is 15.9. The number of rotatable bonds is 6. The number of hydrogen-bond donors (Lipinski definition) is 0. The van der Waals surface area contributed by atoms with Gasteiger partial charge in [-0.2, -0.15) is 4.98 Å². The van der Waals surface area contributed by atoms with Gasteiger partial charge < -0.3 is 14.6 Å². The van der Waals surface area contributed by atoms with Gasteiger partial charge >= 0.3 is 5.69 Å². The van der Waals surface area contributed by atoms with Gasteiger partial charge in [0.1, 0.15) is 29.2 Å². The van der Waals surface area contributed by atoms with E-state index in [-0.39, 0.29) is 64.2 Å². The number of sulfone groups is 1. The number of carbonyl (C=O) groups excluding carboxylic acids is 1. The maximum absolute atomic E-state index is 15.9. The van der Waals surface area contributed by atoms with Gasteiger partial charge in [0.2, 0.25) is 12.5 Å². The van der Waals surface area contributed by atoms with E-state index in [2.05, 4.69) is 21.4 Å². The Bertz CT molecular complexity index is 2040. The highest BCUT2D eigenvalue weighted by molar-refractivity contribution is 7.90. The molecule has 226 valence electrons. The molecule has 2 aromatic carbocycles. The number of amides is 1. The summed E-state index contributed by atoms with van der Waals surface area (Å²) in [5, 5.41) is 0.0372. The van der Waals surface area contributed by atoms with Gasteiger partial charge in [0.25, 0.3) is 0 Å². The third-order valence-electron chi connectivity index (χ3n) is 7.57. The molecule has 0 saturated carbocycles. The quantitative estimate of drug-likeness (QED) is 0.238. The zero-order valence-electron chi connectivity index (χ0n) is 24.2. The molecule has 13 heteroatoms. The molecule has 44 heavy (non-hydrogen) atoms. The Balaban J connectivity index is 1.89. The maximum Gasteiger partial charge on any atom is 0.355 e. The van der Waals surface area contributed by atoms with Crippen molar-refractivity contribution in [2.24, 2.45) is 0 Å². The summed E-state index contributed by atoms with van der Waals surface area (Å²) in [4.78, 5) is 41.8. The molecule has 0 unspecified atom stereocenters. The number of pyridine rings is 1. The second-order valence-electron chi connectivity index (χ2n) is 10.6. The van der Waals surface area contributed by atoms with Crippen LogP contribution in [-0.4, -0.2) is 71.7 Å². The molecular weight excluding hydrogens is 590 g/mol. The van der Waals surface area contributed by atoms with Crippen LogP contribution in [0.3, 0.4) is 0 Å². The summed E-state index contributed by atoms with van der Waals surface area (Å²) in [6.45, 7) is 14.7. The molecule has 1 saturated heterocycles. The number of benzene rings is 2. The Morgan fingerprint density at radius 3 is 2.52 bits per heavy atom. The van der Waals surface area contributed by atoms with E-state index in [1.165, 1.54) is 41.3 Å². The van der Waals surface area contributed by atoms with Gasteiger partial charge in [-0.3, -0.25) is 4.79 Å². The van der Waals surface area contributed by atoms with E-state index >= 15 is 4.39 Å². The van der Waals surface area contributed by atoms with Crippen molar-refractivity contribution < 1.29 is 22.0 Å². The molecule has 3 heterocycles. The molecule has 0 aliphatic carbocycles. The molecule has 1 fully saturated rings. The molecule has 0 N–H and O–H groups in total. The van der Waals surface area contributed by atoms with E-state index in [1.807, 2.05) is 0 Å². The van der Waals surface area contributed by atoms with Crippen molar-refractivity contribution in [1.82, 2.24) is 19.4 Å². The highest BCUT2D eigenvalue weighted by Crippen LogP contribution is 2.35. The second kappa shape index (κ2) is 11.6. The van der Waals surface area contributed by atoms with Crippen LogP contribution >= 0.6 is 0 Å². The van der Waals surface area contributed by atoms with Gasteiger partial charge in [0.05, 0.1) is 16.0 Å². The minimum atomic E-state index is -3.88. The Hall–Kier alpha value is -4.96. The molecule has 1 aliphatic rings. The van der Waals surface area contributed by atoms with E-state index in [9.17, 15) is 22.4 Å². The number of nitrogens with zero attached hydrogens (tertiary/aromatic N) is 6. The third kappa shape index (κ3) is 5.33. The van der Waals surface area contributed by atoms with Crippen LogP contribution in [0.15, 0.2) is 70.9 Å². The first-order valence-corrected chi connectivity index (χ1v) is 15.5. The summed E-state index contributed by atoms with van der Waals surface area (Å²) in [6, 6.07) is 9.90. The number of hydrogen-bond acceptors (Lipinski definition) is 7. The zero-order valence-corrected chi connectivity index (χ0v) is 25.0. The molecule has 10 nitrogen and oxygen atoms in total. The van der Waals surface area contributed by atoms with Crippen molar-refractivity contribution in [3.8, 4) is 16.9 Å². The van der Waals surface area contributed by atoms with Crippen LogP contribution in [0.5, 0.6) is 0 Å². The monoisotopic (exact) mass is 618 g/mol. The van der Waals surface area contributed by atoms with Crippen LogP contribution in [0.25, 0.3) is 32.8 Å². The minimum absolute atomic E-state index is 0.00840. The molecular formula is C31H28F2N6O4S. The van der Waals surface area contributed by atoms with Crippen LogP contribution < -0.4 is 10.6 Å². The number of halogens is 2. The summed E-state index contributed by atoms with van der Waals surface area (Å²) >= 11 is 0. The predicted octanol–water partition coefficient (Wildman–Crippen LogP) is 3.95. The number of piperazine rings is 1. The number of carbonyl (C=O) groups is 1. The summed E-state index contributed by atoms with van der Waals surface area (Å²) < 4.78 is 57.5. The number of fused-ring (bicyclic) bond motifs is 1. The van der Waals surface area contributed by atoms with E-state index in [4.69, 9.17) is 6.57 Å². The zero-order chi connectivity index (χ0) is 31.9. The summed E-state index contributed by atoms with van der Waals surface area (Å²) in [6.07, 6.45) is 2.18. The van der Waals surface area contributed by atoms with Crippen molar-refractivity contribution >= 4 is 32.6 Å². The lowest BCUT2D eigenvalue weighted by molar-refractivity contribution is -0.127. The lowest BCUT2D eigenvalue weighted by Gasteiger charge is -2.44. The van der Waals surface area contributed by atoms with Gasteiger partial charge in [-0.1, -0.05) is 30.8 Å². The molecule has 1 amide bonds. The normalized spacial score (nSPS) is 17.0. The number of para-hydroxylation sites is 1. The largest absolute Gasteiger partial charge is 0.355 e. The van der Waals surface area contributed by atoms with Gasteiger partial charge in [-0.05, 0) is 49.8 Å². The highest BCUT2D eigenvalue weighted by atomic mass is 32.2. The van der Waals surface area contributed by atoms with Crippen molar-refractivity contribution in [2.75, 3.05) is 30.8 Å². The summed E-state index contributed by atoms with van der Waals surface area (Å²) in [7, 11) is -3.88. The number of anilines is 1. The smallest absolute Gasteiger partial charge is 0.339 e. The highest BCUT2D eigenvalue weighted by Gasteiger charge is 2.38. The number of aryl methyl sites for hydroxylation is 1. The molecule has 2 aromatic heterocycles. The van der Waals surface area contributed by atoms with Crippen LogP contribution in [0.4, 0.5) is 14.6 Å². The lowest BCUT2D eigenvalue weighted by atomic mass is 10.0. The summed E-state index contributed by atoms with van der Waals surface area (Å²) in [5.41, 5.74) is -1.23. The molecule has 5 rings (SSSR count). The van der Waals surface area contributed by atoms with E-state index < -0.39 is 39.2 Å². The van der Waals surface area contributed by atoms with Crippen molar-refractivity contribution in [3.63, 3.8) is 0 Å². The predicted molar refractivity (Wildman–Crippen MR) is 162 cm³/mol. The standard InChI is InChI=1S/C31H28F2N6O4S/c1-6-26(40)37-16-19(3)38(20(17-37)15-34-4)30-22-14-24(33)27(21-11-7-8-12-23(21)32)35-29(22)39(31(41)36-30)28-18(2)10-9-13-25(28)44(5,42)43/h6-14,19-20H,1,15-17H2,2-3,5H3/t19-,20-/m0/s1. The van der Waals surface area contributed by atoms with E-state index in [0.717, 1.165) is 23.0 Å². The Labute approximate surface area is 252 Å². The van der Waals surface area contributed by atoms with Gasteiger partial charge in [-0.15, -0.1) is 0 Å². The molecule has 0 radical (unpaired) electrons. The number of aromatic nitrogens is 3. The Morgan fingerprint density at radius 2 is 1.86 bits per heavy atom. The molecule has 0 bridgehead atoms. The van der Waals surface area contributed by atoms with Crippen LogP contribution in [0.1, 0.15) is 12.5 Å². The fraction of sp³-hybridized carbons (Fsp3) is 0.258. The minimum Gasteiger partial charge on any atom is -0.339 e. The molecule has 1 aliphatic heterocycles. The molecule has 0 spiro atoms. The molecule has 2 atom stereocenters. The fourth-order valence-corrected chi connectivity index (χ4v) is 6.62. The Morgan fingerprint density at radius 1 is 1.14 bits per heavy atom. The van der Waals surface area contributed by atoms with Crippen LogP contribution in [0.2, 0.25) is 0 Å². The fourth-order valence-electron chi connectivity index (χ4n) is 5.69. The van der Waals surface area contributed by atoms with Gasteiger partial charge in [-0.25, -0.2) is 38.1 Å². The third-order valence-corrected chi connectivity index (χ3v) is 8.70. The first-order valence-electron chi connectivity index (χ1n) is 13.6. The summed E-state index contributed by atoms with van der Waals surface area (Å²) in [5.74, 6) is -1.97. The Kier molecular flexibility index (Phi) is 8.05. The van der Waals surface area contributed by atoms with Crippen molar-refractivity contribution in [3.05, 3.63) is 100 Å². The second-order valence-corrected chi connectivity index (χ2v) is 12.6. The van der Waals surface area contributed by atoms with Crippen LogP contribution in [-0.2, 0) is 14.6 Å². The van der Waals surface area contributed by atoms with Crippen molar-refractivity contribution in [2.45, 2.75) is 30.8 Å². The topological polar surface area (TPSA) is 110 Å². The SMILES string of the molecule is [C-]#[N+]C[C@H]1CN(C(=O)C=C)C[C@H](C)N1c1nc(=O)n(-c2c(C)cccc2S(C)(=O)=O)c2nc(-c3ccccc3F)c(F)cc12. The van der Waals surface area contributed by atoms with E-state index in [0.29, 0.717) is 5.56 Å². The van der Waals surface area contributed by atoms with E-state index in [1.54, 1.807) is 24.8 Å². The lowest BCUT2D eigenvalue weighted by Crippen LogP contribution is -2.60.